The van der Waals surface area contributed by atoms with Crippen molar-refractivity contribution in [3.8, 4) is 0 Å². The molecule has 0 aromatic rings. The van der Waals surface area contributed by atoms with Gasteiger partial charge in [-0.3, -0.25) is 14.4 Å². The Morgan fingerprint density at radius 3 is 2.37 bits per heavy atom. The van der Waals surface area contributed by atoms with Crippen molar-refractivity contribution in [3.63, 3.8) is 0 Å². The van der Waals surface area contributed by atoms with E-state index in [1.165, 1.54) is 0 Å². The fourth-order valence-corrected chi connectivity index (χ4v) is 1.71. The van der Waals surface area contributed by atoms with E-state index >= 15 is 0 Å². The van der Waals surface area contributed by atoms with Gasteiger partial charge in [0, 0.05) is 13.0 Å². The van der Waals surface area contributed by atoms with Crippen molar-refractivity contribution in [1.29, 1.82) is 0 Å². The molecule has 0 aliphatic rings. The normalized spacial score (nSPS) is 12.0. The number of carbonyl (C=O) groups excluding carboxylic acids is 3. The molecule has 1 atom stereocenters. The van der Waals surface area contributed by atoms with Gasteiger partial charge in [-0.1, -0.05) is 42.9 Å². The first-order valence-electron chi connectivity index (χ1n) is 6.51. The molecule has 5 nitrogen and oxygen atoms in total. The fourth-order valence-electron chi connectivity index (χ4n) is 1.44. The highest BCUT2D eigenvalue weighted by molar-refractivity contribution is 14.1. The molecule has 0 spiro atoms. The molecule has 0 aromatic carbocycles. The van der Waals surface area contributed by atoms with Gasteiger partial charge < -0.3 is 10.6 Å². The van der Waals surface area contributed by atoms with Crippen LogP contribution in [-0.2, 0) is 14.4 Å². The van der Waals surface area contributed by atoms with Crippen LogP contribution in [0.4, 0.5) is 0 Å². The average Bonchev–Trinajstić information content (AvgIpc) is 2.39. The van der Waals surface area contributed by atoms with Crippen LogP contribution in [0.25, 0.3) is 0 Å². The van der Waals surface area contributed by atoms with Crippen LogP contribution in [0.3, 0.4) is 0 Å². The van der Waals surface area contributed by atoms with Crippen molar-refractivity contribution in [2.24, 2.45) is 5.92 Å². The fraction of sp³-hybridized carbons (Fsp3) is 0.769. The van der Waals surface area contributed by atoms with E-state index in [0.717, 1.165) is 19.3 Å². The summed E-state index contributed by atoms with van der Waals surface area (Å²) in [6.07, 6.45) is 4.74. The highest BCUT2D eigenvalue weighted by Crippen LogP contribution is 2.02. The van der Waals surface area contributed by atoms with Gasteiger partial charge in [0.1, 0.15) is 0 Å². The standard InChI is InChI=1S/C13H22IN2O3/c1-10(2)11(9-17)16-12(18)6-4-3-5-7-15-13(19)8-14/h10-11H,3-8H2,1-2H3,(H,15,19)(H,16,18)/t11-/m1/s1. The summed E-state index contributed by atoms with van der Waals surface area (Å²) in [5.74, 6) is -0.0112. The average molecular weight is 381 g/mol. The lowest BCUT2D eigenvalue weighted by Crippen LogP contribution is -2.39. The topological polar surface area (TPSA) is 75.3 Å². The van der Waals surface area contributed by atoms with E-state index in [1.54, 1.807) is 0 Å². The lowest BCUT2D eigenvalue weighted by Gasteiger charge is -2.15. The van der Waals surface area contributed by atoms with Crippen molar-refractivity contribution in [2.75, 3.05) is 11.0 Å². The largest absolute Gasteiger partial charge is 0.355 e. The Balaban J connectivity index is 3.58. The number of alkyl halides is 1. The minimum absolute atomic E-state index is 0.0413. The van der Waals surface area contributed by atoms with Crippen molar-refractivity contribution >= 4 is 40.7 Å². The summed E-state index contributed by atoms with van der Waals surface area (Å²) >= 11 is 2.01. The van der Waals surface area contributed by atoms with Gasteiger partial charge in [-0.15, -0.1) is 0 Å². The highest BCUT2D eigenvalue weighted by atomic mass is 127. The first-order chi connectivity index (χ1) is 9.01. The summed E-state index contributed by atoms with van der Waals surface area (Å²) in [6, 6.07) is -0.518. The molecule has 2 amide bonds. The van der Waals surface area contributed by atoms with Gasteiger partial charge in [0.2, 0.25) is 18.1 Å². The number of carbonyl (C=O) groups is 2. The lowest BCUT2D eigenvalue weighted by atomic mass is 10.1. The highest BCUT2D eigenvalue weighted by Gasteiger charge is 2.15. The smallest absolute Gasteiger partial charge is 0.229 e. The first-order valence-corrected chi connectivity index (χ1v) is 8.03. The summed E-state index contributed by atoms with van der Waals surface area (Å²) in [6.45, 7) is 4.39. The quantitative estimate of drug-likeness (QED) is 0.341. The minimum Gasteiger partial charge on any atom is -0.355 e. The molecule has 0 bridgehead atoms. The summed E-state index contributed by atoms with van der Waals surface area (Å²) in [4.78, 5) is 33.1. The van der Waals surface area contributed by atoms with Crippen molar-refractivity contribution in [2.45, 2.75) is 45.6 Å². The second kappa shape index (κ2) is 11.2. The maximum absolute atomic E-state index is 11.5. The van der Waals surface area contributed by atoms with Gasteiger partial charge in [-0.2, -0.15) is 0 Å². The van der Waals surface area contributed by atoms with E-state index in [9.17, 15) is 14.4 Å². The SMILES string of the molecule is CC(C)[C@@H]([C]=O)NC(=O)CCCCCNC(=O)CI. The molecule has 0 rings (SSSR count). The number of unbranched alkanes of at least 4 members (excludes halogenated alkanes) is 2. The molecule has 0 aromatic heterocycles. The van der Waals surface area contributed by atoms with E-state index in [1.807, 2.05) is 42.7 Å². The Hall–Kier alpha value is -0.660. The number of hydrogen-bond acceptors (Lipinski definition) is 3. The number of halogens is 1. The first kappa shape index (κ1) is 18.3. The van der Waals surface area contributed by atoms with Gasteiger partial charge in [0.05, 0.1) is 10.5 Å². The minimum atomic E-state index is -0.518. The van der Waals surface area contributed by atoms with Gasteiger partial charge in [0.25, 0.3) is 0 Å². The summed E-state index contributed by atoms with van der Waals surface area (Å²) in [5.41, 5.74) is 0. The maximum atomic E-state index is 11.5. The maximum Gasteiger partial charge on any atom is 0.229 e. The van der Waals surface area contributed by atoms with Crippen LogP contribution < -0.4 is 10.6 Å². The van der Waals surface area contributed by atoms with Crippen LogP contribution in [0.15, 0.2) is 0 Å². The Bertz CT molecular complexity index is 296. The zero-order chi connectivity index (χ0) is 14.7. The zero-order valence-corrected chi connectivity index (χ0v) is 13.7. The van der Waals surface area contributed by atoms with Crippen LogP contribution in [0, 0.1) is 5.92 Å². The van der Waals surface area contributed by atoms with E-state index in [4.69, 9.17) is 0 Å². The van der Waals surface area contributed by atoms with E-state index in [0.29, 0.717) is 17.4 Å². The summed E-state index contributed by atoms with van der Waals surface area (Å²) in [7, 11) is 0. The van der Waals surface area contributed by atoms with Crippen LogP contribution in [0.5, 0.6) is 0 Å². The molecule has 109 valence electrons. The number of nitrogens with one attached hydrogen (secondary N) is 2. The molecule has 0 aliphatic carbocycles. The Morgan fingerprint density at radius 2 is 1.84 bits per heavy atom. The Kier molecular flexibility index (Phi) is 10.8. The van der Waals surface area contributed by atoms with E-state index in [2.05, 4.69) is 10.6 Å². The van der Waals surface area contributed by atoms with Crippen molar-refractivity contribution in [3.05, 3.63) is 0 Å². The molecule has 0 unspecified atom stereocenters. The van der Waals surface area contributed by atoms with Crippen molar-refractivity contribution in [1.82, 2.24) is 10.6 Å². The lowest BCUT2D eigenvalue weighted by molar-refractivity contribution is -0.122. The third-order valence-electron chi connectivity index (χ3n) is 2.63. The monoisotopic (exact) mass is 381 g/mol. The predicted octanol–water partition coefficient (Wildman–Crippen LogP) is 1.35. The Morgan fingerprint density at radius 1 is 1.16 bits per heavy atom. The van der Waals surface area contributed by atoms with Crippen LogP contribution in [0.2, 0.25) is 0 Å². The second-order valence-electron chi connectivity index (χ2n) is 4.70. The molecule has 1 radical (unpaired) electrons. The predicted molar refractivity (Wildman–Crippen MR) is 82.8 cm³/mol. The second-order valence-corrected chi connectivity index (χ2v) is 5.46. The van der Waals surface area contributed by atoms with Crippen molar-refractivity contribution < 1.29 is 14.4 Å². The molecular weight excluding hydrogens is 359 g/mol. The Labute approximate surface area is 128 Å². The zero-order valence-electron chi connectivity index (χ0n) is 11.5. The van der Waals surface area contributed by atoms with Gasteiger partial charge in [-0.25, -0.2) is 0 Å². The van der Waals surface area contributed by atoms with Gasteiger partial charge in [-0.05, 0) is 18.8 Å². The molecule has 0 heterocycles. The molecule has 2 N–H and O–H groups in total. The molecule has 19 heavy (non-hydrogen) atoms. The summed E-state index contributed by atoms with van der Waals surface area (Å²) < 4.78 is 0.471. The summed E-state index contributed by atoms with van der Waals surface area (Å²) in [5, 5.41) is 5.43. The number of rotatable bonds is 10. The molecule has 0 saturated carbocycles. The van der Waals surface area contributed by atoms with Crippen LogP contribution in [-0.4, -0.2) is 35.1 Å². The number of amides is 2. The molecule has 0 saturated heterocycles. The van der Waals surface area contributed by atoms with E-state index < -0.39 is 6.04 Å². The van der Waals surface area contributed by atoms with Gasteiger partial charge >= 0.3 is 0 Å². The van der Waals surface area contributed by atoms with E-state index in [-0.39, 0.29) is 17.7 Å². The third-order valence-corrected chi connectivity index (χ3v) is 3.33. The molecule has 0 aliphatic heterocycles. The molecule has 6 heteroatoms. The van der Waals surface area contributed by atoms with Crippen LogP contribution >= 0.6 is 22.6 Å². The molecule has 0 fully saturated rings. The molecular formula is C13H22IN2O3. The van der Waals surface area contributed by atoms with Crippen LogP contribution in [0.1, 0.15) is 39.5 Å². The number of hydrogen-bond donors (Lipinski definition) is 2. The third kappa shape index (κ3) is 9.86. The van der Waals surface area contributed by atoms with Gasteiger partial charge in [0.15, 0.2) is 0 Å².